The molecule has 0 radical (unpaired) electrons. The Morgan fingerprint density at radius 2 is 1.84 bits per heavy atom. The molecule has 0 spiro atoms. The van der Waals surface area contributed by atoms with Gasteiger partial charge in [-0.25, -0.2) is 9.80 Å². The van der Waals surface area contributed by atoms with Gasteiger partial charge in [-0.05, 0) is 47.1 Å². The SMILES string of the molecule is C[C@H](NC(=O)OC(C)(C)C)C(=O)C1=CN2C(=O)CC(C)(C)N2[C@@H]1c1ccc([N+](=O)[O-])cc1. The van der Waals surface area contributed by atoms with E-state index >= 15 is 0 Å². The number of non-ortho nitro benzene ring substituents is 1. The van der Waals surface area contributed by atoms with E-state index in [9.17, 15) is 24.5 Å². The lowest BCUT2D eigenvalue weighted by atomic mass is 9.90. The van der Waals surface area contributed by atoms with Gasteiger partial charge < -0.3 is 10.1 Å². The number of hydrogen-bond acceptors (Lipinski definition) is 7. The molecule has 0 unspecified atom stereocenters. The minimum Gasteiger partial charge on any atom is -0.444 e. The monoisotopic (exact) mass is 444 g/mol. The summed E-state index contributed by atoms with van der Waals surface area (Å²) in [5, 5.41) is 16.8. The lowest BCUT2D eigenvalue weighted by Crippen LogP contribution is -2.46. The number of amides is 2. The van der Waals surface area contributed by atoms with Gasteiger partial charge in [0.15, 0.2) is 5.78 Å². The molecule has 0 bridgehead atoms. The third kappa shape index (κ3) is 4.50. The molecular formula is C22H28N4O6. The highest BCUT2D eigenvalue weighted by molar-refractivity contribution is 6.03. The minimum atomic E-state index is -0.906. The van der Waals surface area contributed by atoms with Crippen molar-refractivity contribution in [3.63, 3.8) is 0 Å². The normalized spacial score (nSPS) is 21.1. The molecule has 32 heavy (non-hydrogen) atoms. The number of benzene rings is 1. The summed E-state index contributed by atoms with van der Waals surface area (Å²) in [7, 11) is 0. The van der Waals surface area contributed by atoms with Crippen molar-refractivity contribution in [1.82, 2.24) is 15.3 Å². The van der Waals surface area contributed by atoms with Gasteiger partial charge in [0.25, 0.3) is 5.69 Å². The molecule has 1 aromatic rings. The van der Waals surface area contributed by atoms with Crippen LogP contribution >= 0.6 is 0 Å². The largest absolute Gasteiger partial charge is 0.444 e. The van der Waals surface area contributed by atoms with Crippen molar-refractivity contribution >= 4 is 23.5 Å². The lowest BCUT2D eigenvalue weighted by molar-refractivity contribution is -0.384. The van der Waals surface area contributed by atoms with Gasteiger partial charge in [-0.1, -0.05) is 12.1 Å². The molecule has 10 heteroatoms. The van der Waals surface area contributed by atoms with Crippen molar-refractivity contribution in [2.24, 2.45) is 0 Å². The van der Waals surface area contributed by atoms with Crippen LogP contribution in [-0.4, -0.2) is 49.9 Å². The Labute approximate surface area is 186 Å². The number of alkyl carbamates (subject to hydrolysis) is 1. The topological polar surface area (TPSA) is 122 Å². The highest BCUT2D eigenvalue weighted by Gasteiger charge is 2.53. The number of hydrogen-bond donors (Lipinski definition) is 1. The fraction of sp³-hybridized carbons (Fsp3) is 0.500. The second-order valence-electron chi connectivity index (χ2n) is 9.64. The maximum Gasteiger partial charge on any atom is 0.408 e. The van der Waals surface area contributed by atoms with Crippen LogP contribution < -0.4 is 5.32 Å². The lowest BCUT2D eigenvalue weighted by Gasteiger charge is -2.37. The number of ketones is 1. The number of nitrogens with one attached hydrogen (secondary N) is 1. The number of carbonyl (C=O) groups excluding carboxylic acids is 3. The molecule has 1 fully saturated rings. The van der Waals surface area contributed by atoms with E-state index in [1.807, 2.05) is 18.9 Å². The number of nitro benzene ring substituents is 1. The summed E-state index contributed by atoms with van der Waals surface area (Å²) in [6.45, 7) is 10.5. The van der Waals surface area contributed by atoms with Gasteiger partial charge >= 0.3 is 6.09 Å². The first-order valence-corrected chi connectivity index (χ1v) is 10.3. The molecule has 172 valence electrons. The Morgan fingerprint density at radius 3 is 2.38 bits per heavy atom. The molecule has 1 aromatic carbocycles. The predicted octanol–water partition coefficient (Wildman–Crippen LogP) is 3.24. The number of fused-ring (bicyclic) bond motifs is 1. The predicted molar refractivity (Wildman–Crippen MR) is 115 cm³/mol. The van der Waals surface area contributed by atoms with E-state index < -0.39 is 34.2 Å². The van der Waals surface area contributed by atoms with Crippen molar-refractivity contribution in [1.29, 1.82) is 0 Å². The smallest absolute Gasteiger partial charge is 0.408 e. The summed E-state index contributed by atoms with van der Waals surface area (Å²) in [5.74, 6) is -0.533. The quantitative estimate of drug-likeness (QED) is 0.546. The van der Waals surface area contributed by atoms with E-state index in [-0.39, 0.29) is 23.8 Å². The van der Waals surface area contributed by atoms with Gasteiger partial charge in [0.05, 0.1) is 17.0 Å². The van der Waals surface area contributed by atoms with Crippen LogP contribution in [0, 0.1) is 10.1 Å². The van der Waals surface area contributed by atoms with Crippen LogP contribution in [0.15, 0.2) is 36.0 Å². The van der Waals surface area contributed by atoms with Crippen LogP contribution in [0.4, 0.5) is 10.5 Å². The Bertz CT molecular complexity index is 993. The summed E-state index contributed by atoms with van der Waals surface area (Å²) >= 11 is 0. The molecule has 0 aromatic heterocycles. The van der Waals surface area contributed by atoms with Crippen LogP contribution in [0.1, 0.15) is 59.6 Å². The van der Waals surface area contributed by atoms with Crippen molar-refractivity contribution in [2.45, 2.75) is 71.2 Å². The summed E-state index contributed by atoms with van der Waals surface area (Å²) in [6.07, 6.45) is 1.04. The van der Waals surface area contributed by atoms with Crippen molar-refractivity contribution in [3.8, 4) is 0 Å². The summed E-state index contributed by atoms with van der Waals surface area (Å²) in [4.78, 5) is 48.7. The molecule has 1 saturated heterocycles. The first-order chi connectivity index (χ1) is 14.7. The van der Waals surface area contributed by atoms with E-state index in [1.165, 1.54) is 23.3 Å². The van der Waals surface area contributed by atoms with E-state index in [0.29, 0.717) is 11.1 Å². The summed E-state index contributed by atoms with van der Waals surface area (Å²) < 4.78 is 5.23. The molecule has 0 aliphatic carbocycles. The van der Waals surface area contributed by atoms with Crippen molar-refractivity contribution in [3.05, 3.63) is 51.7 Å². The van der Waals surface area contributed by atoms with Crippen LogP contribution in [0.25, 0.3) is 0 Å². The second-order valence-corrected chi connectivity index (χ2v) is 9.64. The zero-order chi connectivity index (χ0) is 24.0. The van der Waals surface area contributed by atoms with Crippen LogP contribution in [0.5, 0.6) is 0 Å². The first kappa shape index (κ1) is 23.4. The van der Waals surface area contributed by atoms with E-state index in [2.05, 4.69) is 5.32 Å². The van der Waals surface area contributed by atoms with Gasteiger partial charge in [-0.15, -0.1) is 0 Å². The first-order valence-electron chi connectivity index (χ1n) is 10.3. The zero-order valence-electron chi connectivity index (χ0n) is 19.0. The summed E-state index contributed by atoms with van der Waals surface area (Å²) in [5.41, 5.74) is -0.430. The van der Waals surface area contributed by atoms with E-state index in [4.69, 9.17) is 4.74 Å². The van der Waals surface area contributed by atoms with Gasteiger partial charge in [-0.3, -0.25) is 19.7 Å². The number of Topliss-reactive ketones (excluding diaryl/α,β-unsaturated/α-hetero) is 1. The Balaban J connectivity index is 1.94. The average Bonchev–Trinajstić information content (AvgIpc) is 3.16. The summed E-state index contributed by atoms with van der Waals surface area (Å²) in [6, 6.07) is 4.36. The standard InChI is InChI=1S/C22H28N4O6/c1-13(23-20(29)32-21(2,3)4)19(28)16-12-24-17(27)11-22(5,6)25(24)18(16)14-7-9-15(10-8-14)26(30)31/h7-10,12-13,18H,11H2,1-6H3,(H,23,29)/t13-,18+/m0/s1. The highest BCUT2D eigenvalue weighted by atomic mass is 16.6. The van der Waals surface area contributed by atoms with Crippen molar-refractivity contribution < 1.29 is 24.0 Å². The zero-order valence-corrected chi connectivity index (χ0v) is 19.0. The molecular weight excluding hydrogens is 416 g/mol. The number of nitrogens with zero attached hydrogens (tertiary/aromatic N) is 3. The van der Waals surface area contributed by atoms with Crippen LogP contribution in [0.2, 0.25) is 0 Å². The van der Waals surface area contributed by atoms with E-state index in [1.54, 1.807) is 39.8 Å². The maximum atomic E-state index is 13.3. The van der Waals surface area contributed by atoms with Gasteiger partial charge in [0, 0.05) is 35.9 Å². The number of carbonyl (C=O) groups is 3. The van der Waals surface area contributed by atoms with Crippen LogP contribution in [-0.2, 0) is 14.3 Å². The Morgan fingerprint density at radius 1 is 1.25 bits per heavy atom. The van der Waals surface area contributed by atoms with Gasteiger partial charge in [-0.2, -0.15) is 5.01 Å². The number of ether oxygens (including phenoxy) is 1. The molecule has 0 saturated carbocycles. The Hall–Kier alpha value is -3.27. The molecule has 2 aliphatic heterocycles. The van der Waals surface area contributed by atoms with E-state index in [0.717, 1.165) is 0 Å². The molecule has 3 rings (SSSR count). The molecule has 1 N–H and O–H groups in total. The Kier molecular flexibility index (Phi) is 5.86. The number of nitro groups is 1. The fourth-order valence-corrected chi connectivity index (χ4v) is 3.98. The van der Waals surface area contributed by atoms with Gasteiger partial charge in [0.1, 0.15) is 5.60 Å². The highest BCUT2D eigenvalue weighted by Crippen LogP contribution is 2.46. The molecule has 2 aliphatic rings. The third-order valence-electron chi connectivity index (χ3n) is 5.32. The van der Waals surface area contributed by atoms with Gasteiger partial charge in [0.2, 0.25) is 5.91 Å². The number of rotatable bonds is 5. The van der Waals surface area contributed by atoms with Crippen molar-refractivity contribution in [2.75, 3.05) is 0 Å². The average molecular weight is 444 g/mol. The molecule has 2 atom stereocenters. The molecule has 2 heterocycles. The molecule has 10 nitrogen and oxygen atoms in total. The minimum absolute atomic E-state index is 0.0721. The fourth-order valence-electron chi connectivity index (χ4n) is 3.98. The number of hydrazine groups is 1. The maximum absolute atomic E-state index is 13.3. The molecule has 2 amide bonds. The van der Waals surface area contributed by atoms with Crippen LogP contribution in [0.3, 0.4) is 0 Å². The third-order valence-corrected chi connectivity index (χ3v) is 5.32. The second kappa shape index (κ2) is 8.01.